The fourth-order valence-corrected chi connectivity index (χ4v) is 1.14. The van der Waals surface area contributed by atoms with E-state index < -0.39 is 0 Å². The molecule has 1 rings (SSSR count). The predicted octanol–water partition coefficient (Wildman–Crippen LogP) is 2.02. The Kier molecular flexibility index (Phi) is 3.19. The lowest BCUT2D eigenvalue weighted by Gasteiger charge is -2.10. The summed E-state index contributed by atoms with van der Waals surface area (Å²) in [5, 5.41) is 0.562. The molecule has 0 radical (unpaired) electrons. The molecule has 0 heterocycles. The summed E-state index contributed by atoms with van der Waals surface area (Å²) in [6.07, 6.45) is 0. The van der Waals surface area contributed by atoms with Gasteiger partial charge in [-0.15, -0.1) is 0 Å². The van der Waals surface area contributed by atoms with Crippen LogP contribution in [0.1, 0.15) is 6.92 Å². The van der Waals surface area contributed by atoms with Crippen molar-refractivity contribution < 1.29 is 4.74 Å². The Morgan fingerprint density at radius 3 is 2.92 bits per heavy atom. The summed E-state index contributed by atoms with van der Waals surface area (Å²) in [6, 6.07) is 5.37. The van der Waals surface area contributed by atoms with Gasteiger partial charge in [0.2, 0.25) is 0 Å². The molecule has 0 aliphatic carbocycles. The van der Waals surface area contributed by atoms with Crippen LogP contribution in [0, 0.1) is 0 Å². The van der Waals surface area contributed by atoms with Crippen LogP contribution in [-0.2, 0) is 0 Å². The van der Waals surface area contributed by atoms with E-state index in [4.69, 9.17) is 22.2 Å². The topological polar surface area (TPSA) is 47.3 Å². The molecular weight excluding hydrogens is 176 g/mol. The molecule has 0 saturated carbocycles. The average Bonchev–Trinajstić information content (AvgIpc) is 2.09. The number of nitrogen functional groups attached to an aromatic ring is 1. The fraction of sp³-hybridized carbons (Fsp3) is 0.250. The molecule has 0 unspecified atom stereocenters. The van der Waals surface area contributed by atoms with Gasteiger partial charge in [-0.25, -0.2) is 0 Å². The first-order valence-electron chi connectivity index (χ1n) is 3.67. The van der Waals surface area contributed by atoms with Gasteiger partial charge in [0.25, 0.3) is 0 Å². The summed E-state index contributed by atoms with van der Waals surface area (Å²) >= 11 is 5.87. The number of rotatable bonds is 3. The van der Waals surface area contributed by atoms with Crippen LogP contribution < -0.4 is 16.0 Å². The molecule has 0 amide bonds. The predicted molar refractivity (Wildman–Crippen MR) is 50.4 cm³/mol. The molecule has 0 saturated heterocycles. The Morgan fingerprint density at radius 1 is 1.58 bits per heavy atom. The molecule has 0 bridgehead atoms. The first-order chi connectivity index (χ1) is 5.79. The molecule has 0 atom stereocenters. The van der Waals surface area contributed by atoms with Crippen LogP contribution in [0.3, 0.4) is 0 Å². The first-order valence-corrected chi connectivity index (χ1v) is 4.05. The summed E-state index contributed by atoms with van der Waals surface area (Å²) in [7, 11) is 0. The van der Waals surface area contributed by atoms with Gasteiger partial charge < -0.3 is 10.2 Å². The third-order valence-electron chi connectivity index (χ3n) is 1.41. The van der Waals surface area contributed by atoms with Crippen molar-refractivity contribution in [3.05, 3.63) is 23.2 Å². The maximum atomic E-state index is 5.87. The normalized spacial score (nSPS) is 9.58. The highest BCUT2D eigenvalue weighted by atomic mass is 35.5. The number of hydrogen-bond acceptors (Lipinski definition) is 3. The zero-order chi connectivity index (χ0) is 8.97. The number of hydrazine groups is 1. The van der Waals surface area contributed by atoms with Crippen LogP contribution in [-0.4, -0.2) is 6.61 Å². The monoisotopic (exact) mass is 186 g/mol. The van der Waals surface area contributed by atoms with Crippen LogP contribution >= 0.6 is 11.6 Å². The van der Waals surface area contributed by atoms with E-state index in [9.17, 15) is 0 Å². The van der Waals surface area contributed by atoms with Crippen LogP contribution in [0.15, 0.2) is 18.2 Å². The smallest absolute Gasteiger partial charge is 0.162 e. The molecule has 3 N–H and O–H groups in total. The lowest BCUT2D eigenvalue weighted by atomic mass is 10.3. The Labute approximate surface area is 76.4 Å². The molecule has 0 aromatic heterocycles. The summed E-state index contributed by atoms with van der Waals surface area (Å²) in [4.78, 5) is 0. The van der Waals surface area contributed by atoms with Crippen molar-refractivity contribution in [2.75, 3.05) is 12.0 Å². The zero-order valence-corrected chi connectivity index (χ0v) is 7.56. The molecule has 0 fully saturated rings. The van der Waals surface area contributed by atoms with Crippen LogP contribution in [0.2, 0.25) is 5.02 Å². The Hall–Kier alpha value is -0.930. The molecule has 1 aromatic rings. The van der Waals surface area contributed by atoms with E-state index in [0.717, 1.165) is 0 Å². The number of benzene rings is 1. The van der Waals surface area contributed by atoms with Crippen LogP contribution in [0.5, 0.6) is 5.75 Å². The van der Waals surface area contributed by atoms with Gasteiger partial charge in [-0.3, -0.25) is 5.84 Å². The minimum Gasteiger partial charge on any atom is -0.490 e. The van der Waals surface area contributed by atoms with E-state index in [2.05, 4.69) is 5.43 Å². The van der Waals surface area contributed by atoms with Crippen molar-refractivity contribution >= 4 is 17.3 Å². The van der Waals surface area contributed by atoms with Gasteiger partial charge in [-0.2, -0.15) is 0 Å². The number of para-hydroxylation sites is 1. The van der Waals surface area contributed by atoms with Crippen molar-refractivity contribution in [2.45, 2.75) is 6.92 Å². The Balaban J connectivity index is 3.02. The van der Waals surface area contributed by atoms with Crippen molar-refractivity contribution in [3.63, 3.8) is 0 Å². The third-order valence-corrected chi connectivity index (χ3v) is 1.71. The summed E-state index contributed by atoms with van der Waals surface area (Å²) in [6.45, 7) is 2.46. The number of hydrogen-bond donors (Lipinski definition) is 2. The zero-order valence-electron chi connectivity index (χ0n) is 6.80. The maximum Gasteiger partial charge on any atom is 0.162 e. The highest BCUT2D eigenvalue weighted by Crippen LogP contribution is 2.31. The van der Waals surface area contributed by atoms with Gasteiger partial charge in [0.15, 0.2) is 5.75 Å². The lowest BCUT2D eigenvalue weighted by molar-refractivity contribution is 0.342. The number of nitrogens with two attached hydrogens (primary N) is 1. The van der Waals surface area contributed by atoms with E-state index >= 15 is 0 Å². The van der Waals surface area contributed by atoms with E-state index in [0.29, 0.717) is 23.1 Å². The van der Waals surface area contributed by atoms with E-state index in [-0.39, 0.29) is 0 Å². The molecule has 12 heavy (non-hydrogen) atoms. The SMILES string of the molecule is CCOc1c(Cl)cccc1NN. The van der Waals surface area contributed by atoms with E-state index in [1.165, 1.54) is 0 Å². The van der Waals surface area contributed by atoms with Crippen molar-refractivity contribution in [1.29, 1.82) is 0 Å². The molecule has 66 valence electrons. The minimum atomic E-state index is 0.562. The number of halogens is 1. The van der Waals surface area contributed by atoms with Crippen molar-refractivity contribution in [2.24, 2.45) is 5.84 Å². The maximum absolute atomic E-state index is 5.87. The highest BCUT2D eigenvalue weighted by molar-refractivity contribution is 6.32. The van der Waals surface area contributed by atoms with Gasteiger partial charge >= 0.3 is 0 Å². The van der Waals surface area contributed by atoms with Crippen molar-refractivity contribution in [3.8, 4) is 5.75 Å². The average molecular weight is 187 g/mol. The summed E-state index contributed by atoms with van der Waals surface area (Å²) in [5.74, 6) is 5.86. The van der Waals surface area contributed by atoms with Crippen molar-refractivity contribution in [1.82, 2.24) is 0 Å². The standard InChI is InChI=1S/C8H11ClN2O/c1-2-12-8-6(9)4-3-5-7(8)11-10/h3-5,11H,2,10H2,1H3. The van der Waals surface area contributed by atoms with Crippen LogP contribution in [0.4, 0.5) is 5.69 Å². The van der Waals surface area contributed by atoms with Crippen LogP contribution in [0.25, 0.3) is 0 Å². The highest BCUT2D eigenvalue weighted by Gasteiger charge is 2.05. The largest absolute Gasteiger partial charge is 0.490 e. The van der Waals surface area contributed by atoms with Gasteiger partial charge in [0, 0.05) is 0 Å². The second-order valence-electron chi connectivity index (χ2n) is 2.19. The first kappa shape index (κ1) is 9.16. The lowest BCUT2D eigenvalue weighted by Crippen LogP contribution is -2.08. The second-order valence-corrected chi connectivity index (χ2v) is 2.60. The molecule has 0 spiro atoms. The number of ether oxygens (including phenoxy) is 1. The van der Waals surface area contributed by atoms with Gasteiger partial charge in [0.05, 0.1) is 17.3 Å². The molecule has 0 aliphatic rings. The third kappa shape index (κ3) is 1.81. The van der Waals surface area contributed by atoms with E-state index in [1.54, 1.807) is 18.2 Å². The fourth-order valence-electron chi connectivity index (χ4n) is 0.914. The van der Waals surface area contributed by atoms with E-state index in [1.807, 2.05) is 6.92 Å². The quantitative estimate of drug-likeness (QED) is 0.561. The molecular formula is C8H11ClN2O. The summed E-state index contributed by atoms with van der Waals surface area (Å²) < 4.78 is 5.28. The van der Waals surface area contributed by atoms with Gasteiger partial charge in [-0.1, -0.05) is 17.7 Å². The molecule has 0 aliphatic heterocycles. The summed E-state index contributed by atoms with van der Waals surface area (Å²) in [5.41, 5.74) is 3.21. The second kappa shape index (κ2) is 4.18. The minimum absolute atomic E-state index is 0.562. The Bertz CT molecular complexity index is 265. The van der Waals surface area contributed by atoms with Gasteiger partial charge in [0.1, 0.15) is 0 Å². The Morgan fingerprint density at radius 2 is 2.33 bits per heavy atom. The molecule has 3 nitrogen and oxygen atoms in total. The van der Waals surface area contributed by atoms with Gasteiger partial charge in [-0.05, 0) is 19.1 Å². The molecule has 4 heteroatoms. The number of anilines is 1. The number of nitrogens with one attached hydrogen (secondary N) is 1. The molecule has 1 aromatic carbocycles.